The first-order chi connectivity index (χ1) is 11.5. The predicted octanol–water partition coefficient (Wildman–Crippen LogP) is 3.07. The molecule has 0 spiro atoms. The number of halogens is 2. The quantitative estimate of drug-likeness (QED) is 0.763. The van der Waals surface area contributed by atoms with Crippen LogP contribution in [0.15, 0.2) is 46.9 Å². The average Bonchev–Trinajstić information content (AvgIpc) is 2.58. The molecule has 0 bridgehead atoms. The number of ether oxygens (including phenoxy) is 2. The summed E-state index contributed by atoms with van der Waals surface area (Å²) in [7, 11) is 1.37. The molecule has 7 heteroatoms. The Labute approximate surface area is 146 Å². The third-order valence-electron chi connectivity index (χ3n) is 3.10. The van der Waals surface area contributed by atoms with Gasteiger partial charge >= 0.3 is 5.97 Å². The number of hydrogen-bond acceptors (Lipinski definition) is 4. The Kier molecular flexibility index (Phi) is 6.31. The maximum Gasteiger partial charge on any atom is 0.325 e. The molecule has 0 atom stereocenters. The molecular weight excluding hydrogens is 381 g/mol. The molecule has 2 aromatic rings. The topological polar surface area (TPSA) is 64.6 Å². The summed E-state index contributed by atoms with van der Waals surface area (Å²) in [5.74, 6) is -1.42. The van der Waals surface area contributed by atoms with Gasteiger partial charge in [-0.1, -0.05) is 28.1 Å². The molecule has 0 aliphatic carbocycles. The molecule has 126 valence electrons. The Balaban J connectivity index is 1.81. The first-order valence-electron chi connectivity index (χ1n) is 7.01. The van der Waals surface area contributed by atoms with Gasteiger partial charge in [0, 0.05) is 10.0 Å². The zero-order chi connectivity index (χ0) is 17.5. The van der Waals surface area contributed by atoms with E-state index in [0.717, 1.165) is 4.47 Å². The molecule has 24 heavy (non-hydrogen) atoms. The normalized spacial score (nSPS) is 10.1. The van der Waals surface area contributed by atoms with Gasteiger partial charge in [-0.15, -0.1) is 0 Å². The summed E-state index contributed by atoms with van der Waals surface area (Å²) < 4.78 is 24.1. The van der Waals surface area contributed by atoms with Crippen LogP contribution < -0.4 is 10.1 Å². The smallest absolute Gasteiger partial charge is 0.325 e. The van der Waals surface area contributed by atoms with Crippen molar-refractivity contribution < 1.29 is 23.5 Å². The Morgan fingerprint density at radius 2 is 2.00 bits per heavy atom. The average molecular weight is 396 g/mol. The molecule has 1 amide bonds. The van der Waals surface area contributed by atoms with E-state index >= 15 is 0 Å². The molecule has 0 aliphatic rings. The van der Waals surface area contributed by atoms with Crippen molar-refractivity contribution in [3.63, 3.8) is 0 Å². The third-order valence-corrected chi connectivity index (χ3v) is 3.59. The lowest BCUT2D eigenvalue weighted by Gasteiger charge is -2.08. The summed E-state index contributed by atoms with van der Waals surface area (Å²) in [5.41, 5.74) is 0.911. The van der Waals surface area contributed by atoms with Crippen LogP contribution in [0.25, 0.3) is 0 Å². The number of rotatable bonds is 6. The van der Waals surface area contributed by atoms with E-state index < -0.39 is 11.8 Å². The highest BCUT2D eigenvalue weighted by molar-refractivity contribution is 9.10. The van der Waals surface area contributed by atoms with Gasteiger partial charge in [0.25, 0.3) is 5.91 Å². The third kappa shape index (κ3) is 5.06. The van der Waals surface area contributed by atoms with Crippen molar-refractivity contribution in [1.29, 1.82) is 0 Å². The SMILES string of the molecule is COc1ccc(COC(=O)CNC(=O)c2cccc(Br)c2)cc1F. The van der Waals surface area contributed by atoms with Gasteiger partial charge in [0.2, 0.25) is 0 Å². The number of carbonyl (C=O) groups is 2. The second-order valence-corrected chi connectivity index (χ2v) is 5.74. The highest BCUT2D eigenvalue weighted by atomic mass is 79.9. The van der Waals surface area contributed by atoms with Gasteiger partial charge in [-0.05, 0) is 35.9 Å². The number of esters is 1. The number of methoxy groups -OCH3 is 1. The molecule has 2 rings (SSSR count). The van der Waals surface area contributed by atoms with E-state index in [4.69, 9.17) is 9.47 Å². The summed E-state index contributed by atoms with van der Waals surface area (Å²) in [6.07, 6.45) is 0. The minimum atomic E-state index is -0.616. The van der Waals surface area contributed by atoms with Gasteiger partial charge in [-0.2, -0.15) is 0 Å². The number of benzene rings is 2. The lowest BCUT2D eigenvalue weighted by atomic mass is 10.2. The van der Waals surface area contributed by atoms with E-state index in [0.29, 0.717) is 11.1 Å². The van der Waals surface area contributed by atoms with Crippen LogP contribution in [0, 0.1) is 5.82 Å². The van der Waals surface area contributed by atoms with E-state index in [9.17, 15) is 14.0 Å². The fourth-order valence-electron chi connectivity index (χ4n) is 1.90. The molecule has 2 aromatic carbocycles. The first kappa shape index (κ1) is 17.9. The van der Waals surface area contributed by atoms with Crippen LogP contribution in [-0.4, -0.2) is 25.5 Å². The lowest BCUT2D eigenvalue weighted by Crippen LogP contribution is -2.30. The van der Waals surface area contributed by atoms with Crippen LogP contribution in [0.4, 0.5) is 4.39 Å². The fourth-order valence-corrected chi connectivity index (χ4v) is 2.30. The van der Waals surface area contributed by atoms with Crippen LogP contribution >= 0.6 is 15.9 Å². The van der Waals surface area contributed by atoms with Crippen LogP contribution in [0.5, 0.6) is 5.75 Å². The molecule has 0 heterocycles. The van der Waals surface area contributed by atoms with Gasteiger partial charge in [-0.3, -0.25) is 9.59 Å². The van der Waals surface area contributed by atoms with E-state index in [1.807, 2.05) is 0 Å². The Bertz CT molecular complexity index is 751. The standard InChI is InChI=1S/C17H15BrFNO4/c1-23-15-6-5-11(7-14(15)19)10-24-16(21)9-20-17(22)12-3-2-4-13(18)8-12/h2-8H,9-10H2,1H3,(H,20,22). The number of carbonyl (C=O) groups excluding carboxylic acids is 2. The van der Waals surface area contributed by atoms with Crippen LogP contribution in [0.2, 0.25) is 0 Å². The van der Waals surface area contributed by atoms with Crippen molar-refractivity contribution in [2.45, 2.75) is 6.61 Å². The zero-order valence-corrected chi connectivity index (χ0v) is 14.4. The van der Waals surface area contributed by atoms with Crippen molar-refractivity contribution in [3.8, 4) is 5.75 Å². The van der Waals surface area contributed by atoms with Crippen LogP contribution in [0.1, 0.15) is 15.9 Å². The van der Waals surface area contributed by atoms with E-state index in [-0.39, 0.29) is 24.8 Å². The molecule has 0 fully saturated rings. The van der Waals surface area contributed by atoms with Gasteiger partial charge in [0.1, 0.15) is 13.2 Å². The maximum atomic E-state index is 13.5. The molecule has 0 saturated carbocycles. The highest BCUT2D eigenvalue weighted by Crippen LogP contribution is 2.18. The van der Waals surface area contributed by atoms with Crippen molar-refractivity contribution in [2.75, 3.05) is 13.7 Å². The predicted molar refractivity (Wildman–Crippen MR) is 89.2 cm³/mol. The van der Waals surface area contributed by atoms with Gasteiger partial charge < -0.3 is 14.8 Å². The minimum absolute atomic E-state index is 0.0908. The largest absolute Gasteiger partial charge is 0.494 e. The minimum Gasteiger partial charge on any atom is -0.494 e. The second kappa shape index (κ2) is 8.44. The van der Waals surface area contributed by atoms with Gasteiger partial charge in [-0.25, -0.2) is 4.39 Å². The molecule has 1 N–H and O–H groups in total. The van der Waals surface area contributed by atoms with E-state index in [2.05, 4.69) is 21.2 Å². The van der Waals surface area contributed by atoms with E-state index in [1.165, 1.54) is 19.2 Å². The summed E-state index contributed by atoms with van der Waals surface area (Å²) in [6.45, 7) is -0.365. The molecule has 0 aromatic heterocycles. The van der Waals surface area contributed by atoms with Crippen LogP contribution in [-0.2, 0) is 16.1 Å². The monoisotopic (exact) mass is 395 g/mol. The number of nitrogens with one attached hydrogen (secondary N) is 1. The van der Waals surface area contributed by atoms with Gasteiger partial charge in [0.15, 0.2) is 11.6 Å². The summed E-state index contributed by atoms with van der Waals surface area (Å²) >= 11 is 3.27. The molecule has 0 radical (unpaired) electrons. The van der Waals surface area contributed by atoms with E-state index in [1.54, 1.807) is 30.3 Å². The fraction of sp³-hybridized carbons (Fsp3) is 0.176. The molecular formula is C17H15BrFNO4. The van der Waals surface area contributed by atoms with Crippen LogP contribution in [0.3, 0.4) is 0 Å². The van der Waals surface area contributed by atoms with Crippen molar-refractivity contribution in [3.05, 3.63) is 63.9 Å². The summed E-state index contributed by atoms with van der Waals surface area (Å²) in [6, 6.07) is 11.1. The molecule has 0 unspecified atom stereocenters. The Morgan fingerprint density at radius 1 is 1.21 bits per heavy atom. The number of hydrogen-bond donors (Lipinski definition) is 1. The number of amides is 1. The van der Waals surface area contributed by atoms with Crippen molar-refractivity contribution in [2.24, 2.45) is 0 Å². The zero-order valence-electron chi connectivity index (χ0n) is 12.8. The first-order valence-corrected chi connectivity index (χ1v) is 7.80. The molecule has 5 nitrogen and oxygen atoms in total. The summed E-state index contributed by atoms with van der Waals surface area (Å²) in [4.78, 5) is 23.6. The van der Waals surface area contributed by atoms with Gasteiger partial charge in [0.05, 0.1) is 7.11 Å². The molecule has 0 aliphatic heterocycles. The Hall–Kier alpha value is -2.41. The van der Waals surface area contributed by atoms with Crippen molar-refractivity contribution >= 4 is 27.8 Å². The molecule has 0 saturated heterocycles. The lowest BCUT2D eigenvalue weighted by molar-refractivity contribution is -0.143. The second-order valence-electron chi connectivity index (χ2n) is 4.82. The Morgan fingerprint density at radius 3 is 2.67 bits per heavy atom. The van der Waals surface area contributed by atoms with Crippen molar-refractivity contribution in [1.82, 2.24) is 5.32 Å². The summed E-state index contributed by atoms with van der Waals surface area (Å²) in [5, 5.41) is 2.46. The highest BCUT2D eigenvalue weighted by Gasteiger charge is 2.10. The maximum absolute atomic E-state index is 13.5.